The molecule has 9 heteroatoms. The highest BCUT2D eigenvalue weighted by Gasteiger charge is 2.29. The van der Waals surface area contributed by atoms with E-state index in [1.807, 2.05) is 26.6 Å². The normalized spacial score (nSPS) is 22.6. The summed E-state index contributed by atoms with van der Waals surface area (Å²) in [6.45, 7) is 3.73. The second kappa shape index (κ2) is 10.1. The zero-order chi connectivity index (χ0) is 25.4. The Bertz CT molecular complexity index is 1310. The minimum absolute atomic E-state index is 0.0439. The Morgan fingerprint density at radius 3 is 2.65 bits per heavy atom. The Morgan fingerprint density at radius 1 is 0.946 bits per heavy atom. The zero-order valence-corrected chi connectivity index (χ0v) is 21.2. The molecule has 9 nitrogen and oxygen atoms in total. The quantitative estimate of drug-likeness (QED) is 0.563. The number of carbonyl (C=O) groups is 2. The minimum atomic E-state index is -0.864. The predicted octanol–water partition coefficient (Wildman–Crippen LogP) is 4.20. The molecular formula is C28H34N6O3. The van der Waals surface area contributed by atoms with Crippen molar-refractivity contribution < 1.29 is 14.7 Å². The lowest BCUT2D eigenvalue weighted by Crippen LogP contribution is -2.48. The van der Waals surface area contributed by atoms with Gasteiger partial charge in [-0.2, -0.15) is 0 Å². The van der Waals surface area contributed by atoms with Gasteiger partial charge in [-0.3, -0.25) is 4.79 Å². The SMILES string of the molecule is O=C(O)CC1c2ccc3c(c2)CN(CC3)C(=O)N2CCC(CCCCCn3nnc4cc1cnc43)CC2. The highest BCUT2D eigenvalue weighted by Crippen LogP contribution is 2.33. The van der Waals surface area contributed by atoms with Crippen molar-refractivity contribution in [2.24, 2.45) is 5.92 Å². The van der Waals surface area contributed by atoms with Crippen molar-refractivity contribution >= 4 is 23.2 Å². The van der Waals surface area contributed by atoms with E-state index in [1.165, 1.54) is 18.4 Å². The number of benzene rings is 1. The monoisotopic (exact) mass is 502 g/mol. The summed E-state index contributed by atoms with van der Waals surface area (Å²) >= 11 is 0. The average Bonchev–Trinajstić information content (AvgIpc) is 3.32. The van der Waals surface area contributed by atoms with Gasteiger partial charge in [-0.15, -0.1) is 5.10 Å². The van der Waals surface area contributed by atoms with Gasteiger partial charge >= 0.3 is 12.0 Å². The number of nitrogens with zero attached hydrogens (tertiary/aromatic N) is 6. The van der Waals surface area contributed by atoms with E-state index in [0.717, 1.165) is 80.6 Å². The topological polar surface area (TPSA) is 104 Å². The van der Waals surface area contributed by atoms with E-state index >= 15 is 0 Å². The van der Waals surface area contributed by atoms with Gasteiger partial charge in [0.2, 0.25) is 0 Å². The minimum Gasteiger partial charge on any atom is -0.481 e. The number of aryl methyl sites for hydroxylation is 1. The summed E-state index contributed by atoms with van der Waals surface area (Å²) in [5.41, 5.74) is 5.52. The molecule has 1 atom stereocenters. The smallest absolute Gasteiger partial charge is 0.320 e. The number of carboxylic acid groups (broad SMARTS) is 1. The summed E-state index contributed by atoms with van der Waals surface area (Å²) in [5.74, 6) is -0.525. The summed E-state index contributed by atoms with van der Waals surface area (Å²) in [5, 5.41) is 18.4. The number of hydrogen-bond acceptors (Lipinski definition) is 5. The van der Waals surface area contributed by atoms with E-state index in [0.29, 0.717) is 18.0 Å². The van der Waals surface area contributed by atoms with Gasteiger partial charge < -0.3 is 14.9 Å². The van der Waals surface area contributed by atoms with Crippen LogP contribution in [0.1, 0.15) is 73.1 Å². The van der Waals surface area contributed by atoms with Crippen molar-refractivity contribution in [3.05, 3.63) is 52.7 Å². The van der Waals surface area contributed by atoms with E-state index in [4.69, 9.17) is 0 Å². The average molecular weight is 503 g/mol. The Labute approximate surface area is 216 Å². The zero-order valence-electron chi connectivity index (χ0n) is 21.2. The fourth-order valence-corrected chi connectivity index (χ4v) is 6.26. The summed E-state index contributed by atoms with van der Waals surface area (Å²) in [7, 11) is 0. The summed E-state index contributed by atoms with van der Waals surface area (Å²) in [4.78, 5) is 33.9. The largest absolute Gasteiger partial charge is 0.481 e. The Hall–Kier alpha value is -3.49. The molecule has 1 unspecified atom stereocenters. The van der Waals surface area contributed by atoms with Gasteiger partial charge in [-0.25, -0.2) is 14.5 Å². The number of rotatable bonds is 2. The summed E-state index contributed by atoms with van der Waals surface area (Å²) in [6, 6.07) is 8.30. The van der Waals surface area contributed by atoms with E-state index in [2.05, 4.69) is 27.4 Å². The summed E-state index contributed by atoms with van der Waals surface area (Å²) < 4.78 is 1.87. The molecule has 0 aliphatic carbocycles. The fraction of sp³-hybridized carbons (Fsp3) is 0.536. The second-order valence-corrected chi connectivity index (χ2v) is 10.8. The number of hydrogen-bond donors (Lipinski definition) is 1. The number of urea groups is 1. The Kier molecular flexibility index (Phi) is 6.52. The number of carbonyl (C=O) groups excluding carboxylic acids is 1. The molecule has 6 aliphatic heterocycles. The van der Waals surface area contributed by atoms with Crippen LogP contribution < -0.4 is 0 Å². The molecule has 9 rings (SSSR count). The van der Waals surface area contributed by atoms with Gasteiger partial charge in [0.05, 0.1) is 6.42 Å². The van der Waals surface area contributed by atoms with Crippen LogP contribution in [0.15, 0.2) is 30.5 Å². The maximum Gasteiger partial charge on any atom is 0.320 e. The molecule has 1 aromatic carbocycles. The van der Waals surface area contributed by atoms with Crippen LogP contribution in [0, 0.1) is 5.92 Å². The fourth-order valence-electron chi connectivity index (χ4n) is 6.26. The molecule has 0 radical (unpaired) electrons. The number of aromatic nitrogens is 4. The molecular weight excluding hydrogens is 468 g/mol. The van der Waals surface area contributed by atoms with Crippen molar-refractivity contribution in [3.63, 3.8) is 0 Å². The van der Waals surface area contributed by atoms with Crippen molar-refractivity contribution in [1.29, 1.82) is 0 Å². The van der Waals surface area contributed by atoms with Crippen LogP contribution >= 0.6 is 0 Å². The third kappa shape index (κ3) is 4.91. The molecule has 1 fully saturated rings. The Balaban J connectivity index is 1.36. The molecule has 9 bridgehead atoms. The molecule has 8 heterocycles. The molecule has 37 heavy (non-hydrogen) atoms. The standard InChI is InChI=1S/C28H34N6O3/c35-26(36)16-24-21-6-5-20-9-13-33(18-23(20)14-21)28(37)32-11-7-19(8-12-32)4-2-1-3-10-34-27-25(30-31-34)15-22(24)17-29-27/h5-6,14-15,17,19,24H,1-4,7-13,16,18H2,(H,35,36). The van der Waals surface area contributed by atoms with Crippen LogP contribution in [-0.2, 0) is 24.3 Å². The molecule has 2 aromatic heterocycles. The first-order valence-electron chi connectivity index (χ1n) is 13.6. The van der Waals surface area contributed by atoms with Crippen molar-refractivity contribution in [3.8, 4) is 0 Å². The third-order valence-corrected chi connectivity index (χ3v) is 8.44. The second-order valence-electron chi connectivity index (χ2n) is 10.8. The van der Waals surface area contributed by atoms with Crippen LogP contribution in [0.5, 0.6) is 0 Å². The van der Waals surface area contributed by atoms with Gasteiger partial charge in [-0.1, -0.05) is 42.7 Å². The van der Waals surface area contributed by atoms with Crippen molar-refractivity contribution in [1.82, 2.24) is 29.8 Å². The Morgan fingerprint density at radius 2 is 1.81 bits per heavy atom. The maximum atomic E-state index is 13.4. The maximum absolute atomic E-state index is 13.4. The lowest BCUT2D eigenvalue weighted by atomic mass is 9.86. The first-order valence-corrected chi connectivity index (χ1v) is 13.6. The first kappa shape index (κ1) is 23.9. The molecule has 3 aromatic rings. The number of pyridine rings is 1. The van der Waals surface area contributed by atoms with E-state index < -0.39 is 5.97 Å². The highest BCUT2D eigenvalue weighted by molar-refractivity contribution is 5.75. The molecule has 0 saturated carbocycles. The highest BCUT2D eigenvalue weighted by atomic mass is 16.4. The number of amides is 2. The van der Waals surface area contributed by atoms with Gasteiger partial charge in [0.15, 0.2) is 5.65 Å². The van der Waals surface area contributed by atoms with Gasteiger partial charge in [-0.05, 0) is 59.9 Å². The molecule has 2 amide bonds. The van der Waals surface area contributed by atoms with Crippen LogP contribution in [0.4, 0.5) is 4.79 Å². The molecule has 194 valence electrons. The van der Waals surface area contributed by atoms with Crippen molar-refractivity contribution in [2.45, 2.75) is 70.4 Å². The number of carboxylic acids is 1. The lowest BCUT2D eigenvalue weighted by molar-refractivity contribution is -0.137. The van der Waals surface area contributed by atoms with Crippen LogP contribution in [0.25, 0.3) is 11.2 Å². The van der Waals surface area contributed by atoms with Crippen LogP contribution in [-0.4, -0.2) is 66.5 Å². The first-order chi connectivity index (χ1) is 18.0. The van der Waals surface area contributed by atoms with Gasteiger partial charge in [0, 0.05) is 44.8 Å². The van der Waals surface area contributed by atoms with E-state index in [1.54, 1.807) is 6.20 Å². The van der Waals surface area contributed by atoms with E-state index in [-0.39, 0.29) is 18.4 Å². The molecule has 0 spiro atoms. The van der Waals surface area contributed by atoms with E-state index in [9.17, 15) is 14.7 Å². The molecule has 6 aliphatic rings. The van der Waals surface area contributed by atoms with Crippen LogP contribution in [0.2, 0.25) is 0 Å². The van der Waals surface area contributed by atoms with Crippen molar-refractivity contribution in [2.75, 3.05) is 19.6 Å². The van der Waals surface area contributed by atoms with Gasteiger partial charge in [0.1, 0.15) is 5.52 Å². The molecule has 1 saturated heterocycles. The number of piperidine rings is 1. The molecule has 1 N–H and O–H groups in total. The third-order valence-electron chi connectivity index (χ3n) is 8.44. The van der Waals surface area contributed by atoms with Crippen LogP contribution in [0.3, 0.4) is 0 Å². The summed E-state index contributed by atoms with van der Waals surface area (Å²) in [6.07, 6.45) is 9.26. The number of aliphatic carboxylic acids is 1. The van der Waals surface area contributed by atoms with Gasteiger partial charge in [0.25, 0.3) is 0 Å². The lowest BCUT2D eigenvalue weighted by Gasteiger charge is -2.38. The predicted molar refractivity (Wildman–Crippen MR) is 138 cm³/mol.